The van der Waals surface area contributed by atoms with Crippen LogP contribution in [0.15, 0.2) is 42.5 Å². The second kappa shape index (κ2) is 6.75. The number of carbonyl (C=O) groups excluding carboxylic acids is 1. The largest absolute Gasteiger partial charge is 0.508 e. The van der Waals surface area contributed by atoms with Gasteiger partial charge in [-0.2, -0.15) is 0 Å². The van der Waals surface area contributed by atoms with Crippen LogP contribution in [0.25, 0.3) is 0 Å². The van der Waals surface area contributed by atoms with Crippen LogP contribution in [0.2, 0.25) is 0 Å². The summed E-state index contributed by atoms with van der Waals surface area (Å²) in [6, 6.07) is 7.93. The van der Waals surface area contributed by atoms with E-state index in [-0.39, 0.29) is 11.4 Å². The molecule has 0 aliphatic rings. The number of nitrogens with one attached hydrogen (secondary N) is 2. The SMILES string of the molecule is CC(NC(=O)Nc1cc(F)ccc1F)Oc1ccc(O)cc1. The van der Waals surface area contributed by atoms with Crippen molar-refractivity contribution in [2.45, 2.75) is 13.2 Å². The van der Waals surface area contributed by atoms with Crippen LogP contribution in [0.1, 0.15) is 6.92 Å². The molecule has 7 heteroatoms. The van der Waals surface area contributed by atoms with E-state index in [1.54, 1.807) is 6.92 Å². The van der Waals surface area contributed by atoms with Gasteiger partial charge in [0, 0.05) is 6.07 Å². The Balaban J connectivity index is 1.91. The normalized spacial score (nSPS) is 11.6. The summed E-state index contributed by atoms with van der Waals surface area (Å²) in [6.07, 6.45) is -0.721. The Bertz CT molecular complexity index is 662. The van der Waals surface area contributed by atoms with Crippen molar-refractivity contribution in [3.8, 4) is 11.5 Å². The van der Waals surface area contributed by atoms with E-state index >= 15 is 0 Å². The number of urea groups is 1. The maximum atomic E-state index is 13.4. The number of anilines is 1. The van der Waals surface area contributed by atoms with E-state index in [9.17, 15) is 13.6 Å². The van der Waals surface area contributed by atoms with E-state index in [0.717, 1.165) is 18.2 Å². The second-order valence-electron chi connectivity index (χ2n) is 4.48. The van der Waals surface area contributed by atoms with Gasteiger partial charge in [-0.15, -0.1) is 0 Å². The maximum Gasteiger partial charge on any atom is 0.322 e. The van der Waals surface area contributed by atoms with Gasteiger partial charge in [0.15, 0.2) is 6.23 Å². The lowest BCUT2D eigenvalue weighted by molar-refractivity contribution is 0.183. The number of phenols is 1. The Morgan fingerprint density at radius 2 is 1.86 bits per heavy atom. The molecule has 0 saturated heterocycles. The molecule has 0 radical (unpaired) electrons. The summed E-state index contributed by atoms with van der Waals surface area (Å²) in [5.41, 5.74) is -0.269. The molecular weight excluding hydrogens is 294 g/mol. The maximum absolute atomic E-state index is 13.4. The minimum atomic E-state index is -0.747. The van der Waals surface area contributed by atoms with Crippen molar-refractivity contribution in [2.24, 2.45) is 0 Å². The molecule has 2 aromatic rings. The van der Waals surface area contributed by atoms with Crippen LogP contribution in [0.4, 0.5) is 19.3 Å². The first-order valence-corrected chi connectivity index (χ1v) is 6.42. The molecule has 0 bridgehead atoms. The van der Waals surface area contributed by atoms with E-state index in [2.05, 4.69) is 10.6 Å². The molecule has 5 nitrogen and oxygen atoms in total. The van der Waals surface area contributed by atoms with Crippen molar-refractivity contribution < 1.29 is 23.4 Å². The van der Waals surface area contributed by atoms with Crippen LogP contribution >= 0.6 is 0 Å². The lowest BCUT2D eigenvalue weighted by atomic mass is 10.3. The first-order chi connectivity index (χ1) is 10.4. The van der Waals surface area contributed by atoms with E-state index in [4.69, 9.17) is 9.84 Å². The van der Waals surface area contributed by atoms with Crippen molar-refractivity contribution in [3.63, 3.8) is 0 Å². The average molecular weight is 308 g/mol. The topological polar surface area (TPSA) is 70.6 Å². The molecular formula is C15H14F2N2O3. The summed E-state index contributed by atoms with van der Waals surface area (Å²) in [4.78, 5) is 11.7. The lowest BCUT2D eigenvalue weighted by Crippen LogP contribution is -2.39. The number of halogens is 2. The minimum Gasteiger partial charge on any atom is -0.508 e. The number of hydrogen-bond acceptors (Lipinski definition) is 3. The van der Waals surface area contributed by atoms with E-state index in [1.165, 1.54) is 24.3 Å². The monoisotopic (exact) mass is 308 g/mol. The molecule has 2 aromatic carbocycles. The number of amides is 2. The second-order valence-corrected chi connectivity index (χ2v) is 4.48. The standard InChI is InChI=1S/C15H14F2N2O3/c1-9(22-12-5-3-11(20)4-6-12)18-15(21)19-14-8-10(16)2-7-13(14)17/h2-9,20H,1H3,(H2,18,19,21). The summed E-state index contributed by atoms with van der Waals surface area (Å²) in [7, 11) is 0. The molecule has 0 spiro atoms. The fourth-order valence-electron chi connectivity index (χ4n) is 1.69. The van der Waals surface area contributed by atoms with Gasteiger partial charge >= 0.3 is 6.03 Å². The zero-order valence-corrected chi connectivity index (χ0v) is 11.6. The Labute approximate surface area is 125 Å². The smallest absolute Gasteiger partial charge is 0.322 e. The van der Waals surface area contributed by atoms with Gasteiger partial charge in [0.05, 0.1) is 5.69 Å². The molecule has 2 amide bonds. The third-order valence-electron chi connectivity index (χ3n) is 2.66. The van der Waals surface area contributed by atoms with Crippen LogP contribution in [0.5, 0.6) is 11.5 Å². The minimum absolute atomic E-state index is 0.0901. The molecule has 0 aliphatic heterocycles. The van der Waals surface area contributed by atoms with Crippen molar-refractivity contribution in [1.29, 1.82) is 0 Å². The molecule has 1 unspecified atom stereocenters. The predicted molar refractivity (Wildman–Crippen MR) is 76.7 cm³/mol. The predicted octanol–water partition coefficient (Wildman–Crippen LogP) is 3.22. The van der Waals surface area contributed by atoms with Gasteiger partial charge in [0.1, 0.15) is 23.1 Å². The molecule has 0 aliphatic carbocycles. The van der Waals surface area contributed by atoms with Crippen LogP contribution in [0, 0.1) is 11.6 Å². The van der Waals surface area contributed by atoms with E-state index in [0.29, 0.717) is 5.75 Å². The molecule has 0 heterocycles. The highest BCUT2D eigenvalue weighted by Gasteiger charge is 2.11. The van der Waals surface area contributed by atoms with Gasteiger partial charge in [0.25, 0.3) is 0 Å². The average Bonchev–Trinajstić information content (AvgIpc) is 2.45. The van der Waals surface area contributed by atoms with Gasteiger partial charge in [-0.3, -0.25) is 0 Å². The van der Waals surface area contributed by atoms with Crippen LogP contribution < -0.4 is 15.4 Å². The van der Waals surface area contributed by atoms with E-state index < -0.39 is 23.9 Å². The lowest BCUT2D eigenvalue weighted by Gasteiger charge is -2.17. The Morgan fingerprint density at radius 3 is 2.55 bits per heavy atom. The number of carbonyl (C=O) groups is 1. The highest BCUT2D eigenvalue weighted by Crippen LogP contribution is 2.17. The quantitative estimate of drug-likeness (QED) is 0.760. The summed E-state index contributed by atoms with van der Waals surface area (Å²) >= 11 is 0. The third kappa shape index (κ3) is 4.34. The summed E-state index contributed by atoms with van der Waals surface area (Å²) in [5.74, 6) is -0.886. The van der Waals surface area contributed by atoms with Crippen molar-refractivity contribution in [3.05, 3.63) is 54.1 Å². The van der Waals surface area contributed by atoms with Crippen LogP contribution in [0.3, 0.4) is 0 Å². The number of hydrogen-bond donors (Lipinski definition) is 3. The molecule has 2 rings (SSSR count). The number of ether oxygens (including phenoxy) is 1. The van der Waals surface area contributed by atoms with Gasteiger partial charge in [-0.1, -0.05) is 0 Å². The fraction of sp³-hybridized carbons (Fsp3) is 0.133. The van der Waals surface area contributed by atoms with Gasteiger partial charge in [-0.05, 0) is 43.3 Å². The molecule has 116 valence electrons. The van der Waals surface area contributed by atoms with Gasteiger partial charge in [0.2, 0.25) is 0 Å². The van der Waals surface area contributed by atoms with Crippen molar-refractivity contribution in [2.75, 3.05) is 5.32 Å². The summed E-state index contributed by atoms with van der Waals surface area (Å²) in [6.45, 7) is 1.56. The first-order valence-electron chi connectivity index (χ1n) is 6.42. The number of benzene rings is 2. The molecule has 3 N–H and O–H groups in total. The number of phenolic OH excluding ortho intramolecular Hbond substituents is 1. The van der Waals surface area contributed by atoms with Gasteiger partial charge < -0.3 is 20.5 Å². The Morgan fingerprint density at radius 1 is 1.18 bits per heavy atom. The van der Waals surface area contributed by atoms with Gasteiger partial charge in [-0.25, -0.2) is 13.6 Å². The zero-order valence-electron chi connectivity index (χ0n) is 11.6. The highest BCUT2D eigenvalue weighted by molar-refractivity contribution is 5.89. The highest BCUT2D eigenvalue weighted by atomic mass is 19.1. The number of rotatable bonds is 4. The third-order valence-corrected chi connectivity index (χ3v) is 2.66. The molecule has 0 aromatic heterocycles. The molecule has 0 saturated carbocycles. The van der Waals surface area contributed by atoms with Crippen LogP contribution in [-0.4, -0.2) is 17.4 Å². The molecule has 1 atom stereocenters. The zero-order chi connectivity index (χ0) is 16.1. The first kappa shape index (κ1) is 15.6. The summed E-state index contributed by atoms with van der Waals surface area (Å²) in [5, 5.41) is 13.8. The number of aromatic hydroxyl groups is 1. The van der Waals surface area contributed by atoms with E-state index in [1.807, 2.05) is 0 Å². The fourth-order valence-corrected chi connectivity index (χ4v) is 1.69. The Hall–Kier alpha value is -2.83. The molecule has 22 heavy (non-hydrogen) atoms. The van der Waals surface area contributed by atoms with Crippen molar-refractivity contribution in [1.82, 2.24) is 5.32 Å². The summed E-state index contributed by atoms with van der Waals surface area (Å²) < 4.78 is 31.8. The Kier molecular flexibility index (Phi) is 4.77. The van der Waals surface area contributed by atoms with Crippen LogP contribution in [-0.2, 0) is 0 Å². The molecule has 0 fully saturated rings. The van der Waals surface area contributed by atoms with Crippen molar-refractivity contribution >= 4 is 11.7 Å².